The molecule has 1 saturated heterocycles. The third kappa shape index (κ3) is 2.88. The fourth-order valence-electron chi connectivity index (χ4n) is 9.77. The fourth-order valence-corrected chi connectivity index (χ4v) is 9.77. The molecule has 0 aromatic carbocycles. The number of hydrogen-bond donors (Lipinski definition) is 1. The predicted molar refractivity (Wildman–Crippen MR) is 135 cm³/mol. The molecule has 9 atom stereocenters. The van der Waals surface area contributed by atoms with E-state index in [-0.39, 0.29) is 11.7 Å². The normalized spacial score (nSPS) is 47.4. The van der Waals surface area contributed by atoms with Crippen LogP contribution in [-0.2, 0) is 17.6 Å². The van der Waals surface area contributed by atoms with E-state index in [4.69, 9.17) is 15.6 Å². The topological polar surface area (TPSA) is 65.4 Å². The van der Waals surface area contributed by atoms with E-state index < -0.39 is 0 Å². The first-order valence-electron chi connectivity index (χ1n) is 14.0. The lowest BCUT2D eigenvalue weighted by atomic mass is 9.52. The Hall–Kier alpha value is -1.62. The number of hydrogen-bond acceptors (Lipinski definition) is 4. The van der Waals surface area contributed by atoms with E-state index in [1.807, 2.05) is 5.57 Å². The molecule has 0 bridgehead atoms. The van der Waals surface area contributed by atoms with Crippen LogP contribution in [0.15, 0.2) is 22.3 Å². The van der Waals surface area contributed by atoms with Crippen LogP contribution in [0.3, 0.4) is 0 Å². The summed E-state index contributed by atoms with van der Waals surface area (Å²) in [6.07, 6.45) is 13.5. The summed E-state index contributed by atoms with van der Waals surface area (Å²) < 4.78 is 6.99. The van der Waals surface area contributed by atoms with Crippen LogP contribution < -0.4 is 5.84 Å². The average Bonchev–Trinajstić information content (AvgIpc) is 3.39. The molecule has 6 aliphatic rings. The highest BCUT2D eigenvalue weighted by molar-refractivity contribution is 5.94. The molecular weight excluding hydrogens is 420 g/mol. The van der Waals surface area contributed by atoms with Crippen molar-refractivity contribution in [2.45, 2.75) is 97.2 Å². The number of aromatic nitrogens is 2. The van der Waals surface area contributed by atoms with Gasteiger partial charge in [0.2, 0.25) is 0 Å². The maximum atomic E-state index is 6.99. The van der Waals surface area contributed by atoms with E-state index in [1.54, 1.807) is 10.4 Å². The lowest BCUT2D eigenvalue weighted by Crippen LogP contribution is -2.47. The number of nitrogen functional groups attached to an aromatic ring is 1. The van der Waals surface area contributed by atoms with Crippen molar-refractivity contribution in [2.24, 2.45) is 45.9 Å². The van der Waals surface area contributed by atoms with Crippen LogP contribution in [0.5, 0.6) is 0 Å². The molecule has 0 unspecified atom stereocenters. The summed E-state index contributed by atoms with van der Waals surface area (Å²) in [4.78, 5) is 6.59. The van der Waals surface area contributed by atoms with Crippen LogP contribution in [0.4, 0.5) is 0 Å². The molecule has 3 heterocycles. The molecular formula is C29H42N4O. The first-order chi connectivity index (χ1) is 16.3. The Morgan fingerprint density at radius 1 is 1.15 bits per heavy atom. The molecule has 1 aromatic rings. The molecule has 3 fully saturated rings. The molecule has 5 heteroatoms. The van der Waals surface area contributed by atoms with E-state index in [1.165, 1.54) is 49.1 Å². The Morgan fingerprint density at radius 3 is 2.85 bits per heavy atom. The molecule has 2 saturated carbocycles. The number of nitrogens with zero attached hydrogens (tertiary/aromatic N) is 3. The first-order valence-corrected chi connectivity index (χ1v) is 14.0. The number of ether oxygens (including phenoxy) is 1. The van der Waals surface area contributed by atoms with Crippen molar-refractivity contribution in [3.63, 3.8) is 0 Å². The molecule has 1 aromatic heterocycles. The summed E-state index contributed by atoms with van der Waals surface area (Å²) in [5, 5.41) is 4.60. The van der Waals surface area contributed by atoms with E-state index >= 15 is 0 Å². The van der Waals surface area contributed by atoms with Crippen molar-refractivity contribution in [3.8, 4) is 0 Å². The molecule has 1 spiro atoms. The van der Waals surface area contributed by atoms with Crippen molar-refractivity contribution >= 4 is 5.71 Å². The predicted octanol–water partition coefficient (Wildman–Crippen LogP) is 5.12. The zero-order chi connectivity index (χ0) is 23.4. The average molecular weight is 463 g/mol. The molecule has 7 rings (SSSR count). The number of aliphatic imine (C=N–C) groups is 1. The van der Waals surface area contributed by atoms with Crippen LogP contribution in [0.2, 0.25) is 0 Å². The third-order valence-electron chi connectivity index (χ3n) is 11.6. The van der Waals surface area contributed by atoms with Crippen molar-refractivity contribution in [1.29, 1.82) is 0 Å². The smallest absolute Gasteiger partial charge is 0.0966 e. The maximum Gasteiger partial charge on any atom is 0.0966 e. The minimum absolute atomic E-state index is 0.0129. The quantitative estimate of drug-likeness (QED) is 0.430. The largest absolute Gasteiger partial charge is 0.365 e. The van der Waals surface area contributed by atoms with Gasteiger partial charge in [0.1, 0.15) is 0 Å². The van der Waals surface area contributed by atoms with Crippen LogP contribution in [0, 0.1) is 40.9 Å². The lowest BCUT2D eigenvalue weighted by Gasteiger charge is -2.52. The van der Waals surface area contributed by atoms with Gasteiger partial charge in [0, 0.05) is 18.2 Å². The van der Waals surface area contributed by atoms with Gasteiger partial charge < -0.3 is 10.6 Å². The summed E-state index contributed by atoms with van der Waals surface area (Å²) in [5.41, 5.74) is 7.89. The van der Waals surface area contributed by atoms with E-state index in [2.05, 4.69) is 39.0 Å². The monoisotopic (exact) mass is 462 g/mol. The minimum Gasteiger partial charge on any atom is -0.365 e. The van der Waals surface area contributed by atoms with Crippen molar-refractivity contribution in [2.75, 3.05) is 12.4 Å². The molecule has 5 nitrogen and oxygen atoms in total. The zero-order valence-electron chi connectivity index (χ0n) is 21.5. The van der Waals surface area contributed by atoms with E-state index in [0.717, 1.165) is 55.9 Å². The second kappa shape index (κ2) is 7.21. The van der Waals surface area contributed by atoms with Gasteiger partial charge in [-0.1, -0.05) is 31.9 Å². The Morgan fingerprint density at radius 2 is 2.00 bits per heavy atom. The SMILES string of the molecule is CC1=C2C[C@H]3[C@@H](CC[C@H]4Cc5nn(N)cc5C[C@@]43C)[C@@H]2CC[C@@]2(C1)O[C@@H]1C[C@H](C)CN=C1[C@H]2C. The molecule has 2 N–H and O–H groups in total. The highest BCUT2D eigenvalue weighted by Crippen LogP contribution is 2.64. The second-order valence-electron chi connectivity index (χ2n) is 13.3. The summed E-state index contributed by atoms with van der Waals surface area (Å²) in [5.74, 6) is 10.3. The van der Waals surface area contributed by atoms with Gasteiger partial charge in [-0.2, -0.15) is 9.89 Å². The fraction of sp³-hybridized carbons (Fsp3) is 0.793. The highest BCUT2D eigenvalue weighted by atomic mass is 16.5. The zero-order valence-corrected chi connectivity index (χ0v) is 21.5. The third-order valence-corrected chi connectivity index (χ3v) is 11.6. The van der Waals surface area contributed by atoms with Gasteiger partial charge in [-0.3, -0.25) is 4.99 Å². The first kappa shape index (κ1) is 21.6. The highest BCUT2D eigenvalue weighted by Gasteiger charge is 2.58. The van der Waals surface area contributed by atoms with E-state index in [0.29, 0.717) is 17.3 Å². The van der Waals surface area contributed by atoms with Gasteiger partial charge in [0.05, 0.1) is 23.6 Å². The number of nitrogens with two attached hydrogens (primary N) is 1. The molecule has 0 radical (unpaired) electrons. The molecule has 2 aliphatic heterocycles. The summed E-state index contributed by atoms with van der Waals surface area (Å²) in [6, 6.07) is 0. The van der Waals surface area contributed by atoms with Crippen LogP contribution >= 0.6 is 0 Å². The van der Waals surface area contributed by atoms with Gasteiger partial charge >= 0.3 is 0 Å². The summed E-state index contributed by atoms with van der Waals surface area (Å²) >= 11 is 0. The van der Waals surface area contributed by atoms with Gasteiger partial charge in [-0.15, -0.1) is 0 Å². The number of fused-ring (bicyclic) bond motifs is 7. The Kier molecular flexibility index (Phi) is 4.59. The lowest BCUT2D eigenvalue weighted by molar-refractivity contribution is -0.0689. The Labute approximate surface area is 204 Å². The summed E-state index contributed by atoms with van der Waals surface area (Å²) in [6.45, 7) is 10.8. The van der Waals surface area contributed by atoms with Crippen LogP contribution in [0.1, 0.15) is 83.9 Å². The Balaban J connectivity index is 1.19. The second-order valence-corrected chi connectivity index (χ2v) is 13.3. The number of rotatable bonds is 0. The van der Waals surface area contributed by atoms with E-state index in [9.17, 15) is 0 Å². The summed E-state index contributed by atoms with van der Waals surface area (Å²) in [7, 11) is 0. The molecule has 34 heavy (non-hydrogen) atoms. The standard InChI is InChI=1S/C29H42N4O/c1-16-9-26-27(31-14-16)18(3)29(34-26)8-7-21-22-6-5-20-10-25-19(15-33(30)32-25)13-28(20,4)24(22)11-23(21)17(2)12-29/h15-16,18,20-22,24,26H,5-14,30H2,1-4H3/t16-,18+,20-,21-,22-,24-,26+,28-,29-/m0/s1. The number of allylic oxidation sites excluding steroid dienone is 1. The van der Waals surface area contributed by atoms with Crippen molar-refractivity contribution in [1.82, 2.24) is 9.89 Å². The van der Waals surface area contributed by atoms with Gasteiger partial charge in [-0.05, 0) is 105 Å². The van der Waals surface area contributed by atoms with Crippen LogP contribution in [0.25, 0.3) is 0 Å². The van der Waals surface area contributed by atoms with Crippen molar-refractivity contribution in [3.05, 3.63) is 28.6 Å². The van der Waals surface area contributed by atoms with Crippen LogP contribution in [-0.4, -0.2) is 33.9 Å². The molecule has 0 amide bonds. The van der Waals surface area contributed by atoms with Gasteiger partial charge in [0.25, 0.3) is 0 Å². The molecule has 184 valence electrons. The minimum atomic E-state index is -0.0129. The molecule has 4 aliphatic carbocycles. The maximum absolute atomic E-state index is 6.99. The van der Waals surface area contributed by atoms with Crippen molar-refractivity contribution < 1.29 is 4.74 Å². The van der Waals surface area contributed by atoms with Gasteiger partial charge in [-0.25, -0.2) is 0 Å². The van der Waals surface area contributed by atoms with Gasteiger partial charge in [0.15, 0.2) is 0 Å². The Bertz CT molecular complexity index is 1090.